The minimum Gasteiger partial charge on any atom is -0.376 e. The summed E-state index contributed by atoms with van der Waals surface area (Å²) in [5.74, 6) is 0.428. The van der Waals surface area contributed by atoms with Crippen LogP contribution in [0.4, 0.5) is 11.5 Å². The quantitative estimate of drug-likeness (QED) is 0.840. The number of anilines is 2. The molecule has 0 spiro atoms. The molecular weight excluding hydrogens is 320 g/mol. The summed E-state index contributed by atoms with van der Waals surface area (Å²) in [6.07, 6.45) is 0. The van der Waals surface area contributed by atoms with Crippen LogP contribution in [-0.4, -0.2) is 42.0 Å². The van der Waals surface area contributed by atoms with Crippen LogP contribution < -0.4 is 10.6 Å². The first kappa shape index (κ1) is 18.5. The highest BCUT2D eigenvalue weighted by atomic mass is 35.5. The Kier molecular flexibility index (Phi) is 7.08. The summed E-state index contributed by atoms with van der Waals surface area (Å²) in [5, 5.41) is 9.23. The lowest BCUT2D eigenvalue weighted by Crippen LogP contribution is -2.38. The zero-order valence-electron chi connectivity index (χ0n) is 12.9. The number of halogens is 1. The van der Waals surface area contributed by atoms with E-state index in [4.69, 9.17) is 4.52 Å². The number of aryl methyl sites for hydroxylation is 1. The van der Waals surface area contributed by atoms with E-state index in [1.807, 2.05) is 30.3 Å². The molecule has 0 saturated heterocycles. The highest BCUT2D eigenvalue weighted by molar-refractivity contribution is 5.94. The summed E-state index contributed by atoms with van der Waals surface area (Å²) in [5.41, 5.74) is 0.853. The summed E-state index contributed by atoms with van der Waals surface area (Å²) < 4.78 is 4.85. The van der Waals surface area contributed by atoms with Gasteiger partial charge in [-0.05, 0) is 19.1 Å². The number of rotatable bonds is 6. The van der Waals surface area contributed by atoms with Gasteiger partial charge >= 0.3 is 0 Å². The number of nitrogens with one attached hydrogen (secondary N) is 2. The van der Waals surface area contributed by atoms with Gasteiger partial charge in [0.1, 0.15) is 5.76 Å². The molecule has 8 heteroatoms. The predicted octanol–water partition coefficient (Wildman–Crippen LogP) is 1.91. The molecule has 7 nitrogen and oxygen atoms in total. The van der Waals surface area contributed by atoms with Crippen LogP contribution in [0.2, 0.25) is 0 Å². The van der Waals surface area contributed by atoms with Crippen LogP contribution >= 0.6 is 12.4 Å². The number of amides is 2. The Hall–Kier alpha value is -2.54. The van der Waals surface area contributed by atoms with Crippen LogP contribution in [0.5, 0.6) is 0 Å². The average Bonchev–Trinajstić information content (AvgIpc) is 2.90. The Morgan fingerprint density at radius 2 is 1.96 bits per heavy atom. The van der Waals surface area contributed by atoms with E-state index in [9.17, 15) is 9.59 Å². The predicted molar refractivity (Wildman–Crippen MR) is 89.7 cm³/mol. The fourth-order valence-corrected chi connectivity index (χ4v) is 1.78. The van der Waals surface area contributed by atoms with E-state index in [0.717, 1.165) is 5.69 Å². The number of carbonyl (C=O) groups excluding carboxylic acids is 2. The molecule has 1 aromatic carbocycles. The second-order valence-electron chi connectivity index (χ2n) is 4.84. The molecule has 0 saturated carbocycles. The number of benzene rings is 1. The van der Waals surface area contributed by atoms with Crippen LogP contribution in [0.3, 0.4) is 0 Å². The summed E-state index contributed by atoms with van der Waals surface area (Å²) in [7, 11) is 1.57. The molecular formula is C15H19ClN4O3. The van der Waals surface area contributed by atoms with Gasteiger partial charge in [0.25, 0.3) is 0 Å². The Balaban J connectivity index is 0.00000264. The summed E-state index contributed by atoms with van der Waals surface area (Å²) in [6, 6.07) is 11.0. The maximum Gasteiger partial charge on any atom is 0.245 e. The normalized spacial score (nSPS) is 9.65. The Bertz CT molecular complexity index is 645. The summed E-state index contributed by atoms with van der Waals surface area (Å²) in [6.45, 7) is 1.80. The highest BCUT2D eigenvalue weighted by Gasteiger charge is 2.14. The molecule has 1 heterocycles. The molecule has 0 aliphatic carbocycles. The van der Waals surface area contributed by atoms with Gasteiger partial charge in [-0.3, -0.25) is 9.59 Å². The molecule has 0 unspecified atom stereocenters. The zero-order valence-corrected chi connectivity index (χ0v) is 13.7. The fourth-order valence-electron chi connectivity index (χ4n) is 1.78. The summed E-state index contributed by atoms with van der Waals surface area (Å²) in [4.78, 5) is 25.1. The topological polar surface area (TPSA) is 87.5 Å². The number of hydrogen-bond acceptors (Lipinski definition) is 5. The lowest BCUT2D eigenvalue weighted by Gasteiger charge is -2.17. The number of likely N-dealkylation sites (N-methyl/N-ethyl adjacent to an activating group) is 1. The molecule has 1 aromatic heterocycles. The number of hydrogen-bond donors (Lipinski definition) is 2. The molecule has 2 aromatic rings. The minimum atomic E-state index is -0.330. The fraction of sp³-hybridized carbons (Fsp3) is 0.267. The largest absolute Gasteiger partial charge is 0.376 e. The molecule has 2 amide bonds. The van der Waals surface area contributed by atoms with Gasteiger partial charge < -0.3 is 20.1 Å². The monoisotopic (exact) mass is 338 g/mol. The van der Waals surface area contributed by atoms with Gasteiger partial charge in [-0.1, -0.05) is 23.4 Å². The van der Waals surface area contributed by atoms with Gasteiger partial charge in [0.15, 0.2) is 5.82 Å². The van der Waals surface area contributed by atoms with E-state index in [-0.39, 0.29) is 37.3 Å². The van der Waals surface area contributed by atoms with Crippen LogP contribution in [0.1, 0.15) is 5.76 Å². The van der Waals surface area contributed by atoms with Gasteiger partial charge in [-0.25, -0.2) is 0 Å². The van der Waals surface area contributed by atoms with E-state index < -0.39 is 0 Å². The van der Waals surface area contributed by atoms with Crippen molar-refractivity contribution < 1.29 is 14.1 Å². The van der Waals surface area contributed by atoms with E-state index in [1.165, 1.54) is 4.90 Å². The smallest absolute Gasteiger partial charge is 0.245 e. The molecule has 0 aliphatic heterocycles. The molecule has 0 aliphatic rings. The van der Waals surface area contributed by atoms with Crippen molar-refractivity contribution in [3.05, 3.63) is 42.2 Å². The third-order valence-corrected chi connectivity index (χ3v) is 2.92. The minimum absolute atomic E-state index is 0. The van der Waals surface area contributed by atoms with Gasteiger partial charge in [-0.15, -0.1) is 12.4 Å². The van der Waals surface area contributed by atoms with Crippen molar-refractivity contribution in [2.24, 2.45) is 0 Å². The number of carbonyl (C=O) groups is 2. The SMILES string of the molecule is Cc1cc(NC(=O)CN(C)C(=O)CNc2ccccc2)no1.Cl. The average molecular weight is 339 g/mol. The van der Waals surface area contributed by atoms with Crippen LogP contribution in [0.15, 0.2) is 40.9 Å². The first-order chi connectivity index (χ1) is 10.5. The molecule has 0 bridgehead atoms. The van der Waals surface area contributed by atoms with Crippen molar-refractivity contribution in [2.45, 2.75) is 6.92 Å². The molecule has 2 N–H and O–H groups in total. The molecule has 124 valence electrons. The van der Waals surface area contributed by atoms with Crippen molar-refractivity contribution >= 4 is 35.7 Å². The third-order valence-electron chi connectivity index (χ3n) is 2.92. The Morgan fingerprint density at radius 1 is 1.26 bits per heavy atom. The van der Waals surface area contributed by atoms with Crippen molar-refractivity contribution in [3.63, 3.8) is 0 Å². The Labute approximate surface area is 140 Å². The lowest BCUT2D eigenvalue weighted by molar-refractivity contribution is -0.131. The van der Waals surface area contributed by atoms with Crippen LogP contribution in [0, 0.1) is 6.92 Å². The second kappa shape index (κ2) is 8.79. The molecule has 23 heavy (non-hydrogen) atoms. The van der Waals surface area contributed by atoms with Crippen LogP contribution in [-0.2, 0) is 9.59 Å². The van der Waals surface area contributed by atoms with Crippen molar-refractivity contribution in [1.29, 1.82) is 0 Å². The van der Waals surface area contributed by atoms with Crippen LogP contribution in [0.25, 0.3) is 0 Å². The maximum absolute atomic E-state index is 12.0. The molecule has 2 rings (SSSR count). The lowest BCUT2D eigenvalue weighted by atomic mass is 10.3. The Morgan fingerprint density at radius 3 is 2.57 bits per heavy atom. The zero-order chi connectivity index (χ0) is 15.9. The van der Waals surface area contributed by atoms with Crippen molar-refractivity contribution in [3.8, 4) is 0 Å². The number of aromatic nitrogens is 1. The van der Waals surface area contributed by atoms with Crippen molar-refractivity contribution in [2.75, 3.05) is 30.8 Å². The highest BCUT2D eigenvalue weighted by Crippen LogP contribution is 2.07. The molecule has 0 atom stereocenters. The van der Waals surface area contributed by atoms with E-state index in [1.54, 1.807) is 20.0 Å². The first-order valence-corrected chi connectivity index (χ1v) is 6.80. The van der Waals surface area contributed by atoms with Gasteiger partial charge in [-0.2, -0.15) is 0 Å². The van der Waals surface area contributed by atoms with Gasteiger partial charge in [0.2, 0.25) is 11.8 Å². The van der Waals surface area contributed by atoms with E-state index in [2.05, 4.69) is 15.8 Å². The number of para-hydroxylation sites is 1. The van der Waals surface area contributed by atoms with E-state index >= 15 is 0 Å². The van der Waals surface area contributed by atoms with E-state index in [0.29, 0.717) is 11.6 Å². The third kappa shape index (κ3) is 5.99. The molecule has 0 radical (unpaired) electrons. The van der Waals surface area contributed by atoms with Gasteiger partial charge in [0, 0.05) is 18.8 Å². The standard InChI is InChI=1S/C15H18N4O3.ClH/c1-11-8-13(18-22-11)17-14(20)10-19(2)15(21)9-16-12-6-4-3-5-7-12;/h3-8,16H,9-10H2,1-2H3,(H,17,18,20);1H. The maximum atomic E-state index is 12.0. The number of nitrogens with zero attached hydrogens (tertiary/aromatic N) is 2. The van der Waals surface area contributed by atoms with Crippen molar-refractivity contribution in [1.82, 2.24) is 10.1 Å². The van der Waals surface area contributed by atoms with Gasteiger partial charge in [0.05, 0.1) is 13.1 Å². The first-order valence-electron chi connectivity index (χ1n) is 6.80. The summed E-state index contributed by atoms with van der Waals surface area (Å²) >= 11 is 0. The second-order valence-corrected chi connectivity index (χ2v) is 4.84. The molecule has 0 fully saturated rings.